The first-order chi connectivity index (χ1) is 20.0. The van der Waals surface area contributed by atoms with Crippen LogP contribution >= 0.6 is 0 Å². The van der Waals surface area contributed by atoms with Gasteiger partial charge < -0.3 is 24.8 Å². The third-order valence-corrected chi connectivity index (χ3v) is 6.58. The van der Waals surface area contributed by atoms with Crippen molar-refractivity contribution in [2.24, 2.45) is 18.9 Å². The normalized spacial score (nSPS) is 12.1. The van der Waals surface area contributed by atoms with Crippen LogP contribution in [0.25, 0.3) is 6.08 Å². The van der Waals surface area contributed by atoms with Crippen molar-refractivity contribution in [3.05, 3.63) is 88.9 Å². The first kappa shape index (κ1) is 32.2. The Balaban J connectivity index is 1.71. The number of amides is 2. The van der Waals surface area contributed by atoms with Gasteiger partial charge in [-0.3, -0.25) is 9.48 Å². The summed E-state index contributed by atoms with van der Waals surface area (Å²) >= 11 is 0. The Kier molecular flexibility index (Phi) is 12.0. The highest BCUT2D eigenvalue weighted by molar-refractivity contribution is 5.86. The maximum Gasteiger partial charge on any atom is 0.408 e. The number of aryl methyl sites for hydroxylation is 2. The van der Waals surface area contributed by atoms with Gasteiger partial charge in [0.2, 0.25) is 5.91 Å². The van der Waals surface area contributed by atoms with Crippen molar-refractivity contribution in [1.82, 2.24) is 20.0 Å². The van der Waals surface area contributed by atoms with Crippen LogP contribution in [0.4, 0.5) is 4.79 Å². The van der Waals surface area contributed by atoms with E-state index in [0.29, 0.717) is 31.9 Å². The molecule has 1 heterocycles. The Labute approximate surface area is 249 Å². The first-order valence-electron chi connectivity index (χ1n) is 14.4. The number of aromatic nitrogens is 2. The molecule has 0 aliphatic carbocycles. The molecular weight excluding hydrogens is 532 g/mol. The van der Waals surface area contributed by atoms with Gasteiger partial charge >= 0.3 is 6.09 Å². The van der Waals surface area contributed by atoms with Gasteiger partial charge in [-0.15, -0.1) is 0 Å². The molecule has 42 heavy (non-hydrogen) atoms. The summed E-state index contributed by atoms with van der Waals surface area (Å²) in [5, 5.41) is 16.3. The van der Waals surface area contributed by atoms with Crippen molar-refractivity contribution in [1.29, 1.82) is 0 Å². The predicted molar refractivity (Wildman–Crippen MR) is 164 cm³/mol. The third kappa shape index (κ3) is 10.3. The lowest BCUT2D eigenvalue weighted by Crippen LogP contribution is -2.51. The number of nitrogens with one attached hydrogen (secondary N) is 1. The lowest BCUT2D eigenvalue weighted by Gasteiger charge is -2.30. The second-order valence-corrected chi connectivity index (χ2v) is 11.4. The molecule has 0 saturated heterocycles. The smallest absolute Gasteiger partial charge is 0.408 e. The van der Waals surface area contributed by atoms with E-state index >= 15 is 0 Å². The topological polar surface area (TPSA) is 106 Å². The second-order valence-electron chi connectivity index (χ2n) is 11.4. The average molecular weight is 577 g/mol. The van der Waals surface area contributed by atoms with E-state index in [0.717, 1.165) is 34.3 Å². The van der Waals surface area contributed by atoms with Crippen molar-refractivity contribution in [2.75, 3.05) is 13.1 Å². The molecule has 0 aliphatic rings. The van der Waals surface area contributed by atoms with Gasteiger partial charge in [0.05, 0.1) is 6.26 Å². The molecule has 0 bridgehead atoms. The van der Waals surface area contributed by atoms with Crippen LogP contribution in [0.15, 0.2) is 60.9 Å². The van der Waals surface area contributed by atoms with Gasteiger partial charge in [-0.1, -0.05) is 58.0 Å². The summed E-state index contributed by atoms with van der Waals surface area (Å²) in [5.41, 5.74) is 4.34. The number of rotatable bonds is 14. The van der Waals surface area contributed by atoms with Crippen LogP contribution in [0.2, 0.25) is 0 Å². The summed E-state index contributed by atoms with van der Waals surface area (Å²) in [6.45, 7) is 11.8. The fourth-order valence-electron chi connectivity index (χ4n) is 4.58. The van der Waals surface area contributed by atoms with Crippen LogP contribution in [0, 0.1) is 18.8 Å². The summed E-state index contributed by atoms with van der Waals surface area (Å²) in [4.78, 5) is 28.5. The van der Waals surface area contributed by atoms with Gasteiger partial charge in [0.25, 0.3) is 0 Å². The Morgan fingerprint density at radius 1 is 1.00 bits per heavy atom. The van der Waals surface area contributed by atoms with Crippen LogP contribution in [-0.2, 0) is 36.2 Å². The molecule has 1 atom stereocenters. The molecule has 3 aromatic rings. The van der Waals surface area contributed by atoms with E-state index in [9.17, 15) is 9.59 Å². The Hall–Kier alpha value is -4.27. The number of aliphatic hydroxyl groups excluding tert-OH is 1. The number of benzene rings is 2. The van der Waals surface area contributed by atoms with Crippen molar-refractivity contribution >= 4 is 18.1 Å². The minimum Gasteiger partial charge on any atom is -0.516 e. The maximum absolute atomic E-state index is 13.8. The second kappa shape index (κ2) is 15.7. The molecule has 9 heteroatoms. The van der Waals surface area contributed by atoms with Crippen molar-refractivity contribution in [3.63, 3.8) is 0 Å². The minimum atomic E-state index is -0.804. The van der Waals surface area contributed by atoms with Crippen molar-refractivity contribution in [3.8, 4) is 5.75 Å². The molecule has 0 radical (unpaired) electrons. The maximum atomic E-state index is 13.8. The summed E-state index contributed by atoms with van der Waals surface area (Å²) in [6.07, 6.45) is 2.14. The minimum absolute atomic E-state index is 0.0311. The molecule has 9 nitrogen and oxygen atoms in total. The molecule has 226 valence electrons. The van der Waals surface area contributed by atoms with Crippen molar-refractivity contribution in [2.45, 2.75) is 60.3 Å². The molecule has 0 aliphatic heterocycles. The van der Waals surface area contributed by atoms with Crippen LogP contribution in [0.3, 0.4) is 0 Å². The first-order valence-corrected chi connectivity index (χ1v) is 14.4. The highest BCUT2D eigenvalue weighted by Crippen LogP contribution is 2.17. The number of carbonyl (C=O) groups excluding carboxylic acids is 2. The van der Waals surface area contributed by atoms with Crippen LogP contribution < -0.4 is 10.1 Å². The average Bonchev–Trinajstić information content (AvgIpc) is 3.27. The molecule has 0 spiro atoms. The van der Waals surface area contributed by atoms with E-state index in [-0.39, 0.29) is 24.3 Å². The van der Waals surface area contributed by atoms with E-state index in [1.54, 1.807) is 6.08 Å². The highest BCUT2D eigenvalue weighted by Gasteiger charge is 2.28. The van der Waals surface area contributed by atoms with E-state index in [4.69, 9.17) is 14.6 Å². The molecule has 0 unspecified atom stereocenters. The van der Waals surface area contributed by atoms with E-state index < -0.39 is 12.1 Å². The fourth-order valence-corrected chi connectivity index (χ4v) is 4.58. The lowest BCUT2D eigenvalue weighted by atomic mass is 10.0. The standard InChI is InChI=1S/C33H44N4O5/c1-23(2)19-37(20-24(3)4)32(39)31(34-33(40)42-21-28-9-7-8-26(17-28)14-15-38)18-27-10-12-30(13-11-27)41-22-29-16-25(5)36(6)35-29/h7-17,23-24,31,38H,18-22H2,1-6H3,(H,34,40)/b15-14-/t31-/m0/s1. The van der Waals surface area contributed by atoms with Gasteiger partial charge in [-0.25, -0.2) is 4.79 Å². The zero-order valence-electron chi connectivity index (χ0n) is 25.5. The van der Waals surface area contributed by atoms with Crippen LogP contribution in [0.1, 0.15) is 55.8 Å². The summed E-state index contributed by atoms with van der Waals surface area (Å²) in [6, 6.07) is 16.0. The molecule has 0 saturated carbocycles. The summed E-state index contributed by atoms with van der Waals surface area (Å²) in [7, 11) is 1.90. The van der Waals surface area contributed by atoms with Crippen molar-refractivity contribution < 1.29 is 24.2 Å². The molecule has 0 fully saturated rings. The predicted octanol–water partition coefficient (Wildman–Crippen LogP) is 5.81. The van der Waals surface area contributed by atoms with Gasteiger partial charge in [-0.2, -0.15) is 5.10 Å². The fraction of sp³-hybridized carbons (Fsp3) is 0.424. The quantitative estimate of drug-likeness (QED) is 0.235. The summed E-state index contributed by atoms with van der Waals surface area (Å²) < 4.78 is 13.2. The van der Waals surface area contributed by atoms with Crippen LogP contribution in [-0.4, -0.2) is 50.9 Å². The third-order valence-electron chi connectivity index (χ3n) is 6.58. The van der Waals surface area contributed by atoms with E-state index in [1.807, 2.05) is 78.2 Å². The lowest BCUT2D eigenvalue weighted by molar-refractivity contribution is -0.134. The SMILES string of the molecule is Cc1cc(COc2ccc(C[C@H](NC(=O)OCc3cccc(/C=C\O)c3)C(=O)N(CC(C)C)CC(C)C)cc2)nn1C. The molecule has 3 rings (SSSR count). The number of hydrogen-bond donors (Lipinski definition) is 2. The molecule has 2 aromatic carbocycles. The number of hydrogen-bond acceptors (Lipinski definition) is 6. The summed E-state index contributed by atoms with van der Waals surface area (Å²) in [5.74, 6) is 1.10. The Bertz CT molecular complexity index is 1300. The number of carbonyl (C=O) groups is 2. The van der Waals surface area contributed by atoms with E-state index in [1.165, 1.54) is 0 Å². The molecular formula is C33H44N4O5. The van der Waals surface area contributed by atoms with Crippen LogP contribution in [0.5, 0.6) is 5.75 Å². The number of alkyl carbamates (subject to hydrolysis) is 1. The van der Waals surface area contributed by atoms with E-state index in [2.05, 4.69) is 38.1 Å². The Morgan fingerprint density at radius 3 is 2.29 bits per heavy atom. The van der Waals surface area contributed by atoms with Gasteiger partial charge in [0.1, 0.15) is 30.7 Å². The number of nitrogens with zero attached hydrogens (tertiary/aromatic N) is 3. The monoisotopic (exact) mass is 576 g/mol. The largest absolute Gasteiger partial charge is 0.516 e. The molecule has 2 N–H and O–H groups in total. The van der Waals surface area contributed by atoms with Gasteiger partial charge in [0, 0.05) is 32.3 Å². The van der Waals surface area contributed by atoms with Gasteiger partial charge in [0.15, 0.2) is 0 Å². The highest BCUT2D eigenvalue weighted by atomic mass is 16.5. The zero-order chi connectivity index (χ0) is 30.6. The molecule has 1 aromatic heterocycles. The number of aliphatic hydroxyl groups is 1. The van der Waals surface area contributed by atoms with Gasteiger partial charge in [-0.05, 0) is 65.8 Å². The number of ether oxygens (including phenoxy) is 2. The molecule has 2 amide bonds. The zero-order valence-corrected chi connectivity index (χ0v) is 25.5. The Morgan fingerprint density at radius 2 is 1.69 bits per heavy atom.